The number of rotatable bonds is 7. The number of fused-ring (bicyclic) bond motifs is 1. The molecule has 4 aromatic rings. The Morgan fingerprint density at radius 2 is 1.78 bits per heavy atom. The first kappa shape index (κ1) is 21.2. The lowest BCUT2D eigenvalue weighted by atomic mass is 10.0. The van der Waals surface area contributed by atoms with Gasteiger partial charge in [0.25, 0.3) is 5.91 Å². The van der Waals surface area contributed by atoms with Crippen molar-refractivity contribution in [1.82, 2.24) is 0 Å². The molecular formula is C26H23NO5. The lowest BCUT2D eigenvalue weighted by Gasteiger charge is -2.10. The van der Waals surface area contributed by atoms with Gasteiger partial charge < -0.3 is 19.2 Å². The van der Waals surface area contributed by atoms with Crippen LogP contribution in [0.2, 0.25) is 0 Å². The molecule has 1 aromatic heterocycles. The highest BCUT2D eigenvalue weighted by molar-refractivity contribution is 5.92. The Morgan fingerprint density at radius 3 is 2.53 bits per heavy atom. The number of aryl methyl sites for hydroxylation is 1. The Balaban J connectivity index is 1.49. The van der Waals surface area contributed by atoms with Crippen LogP contribution in [0.15, 0.2) is 82.2 Å². The largest absolute Gasteiger partial charge is 0.496 e. The number of methoxy groups -OCH3 is 1. The molecule has 0 saturated carbocycles. The van der Waals surface area contributed by atoms with Crippen molar-refractivity contribution in [3.8, 4) is 22.6 Å². The lowest BCUT2D eigenvalue weighted by Crippen LogP contribution is -2.20. The third-order valence-electron chi connectivity index (χ3n) is 5.16. The summed E-state index contributed by atoms with van der Waals surface area (Å²) in [6.45, 7) is 1.91. The Morgan fingerprint density at radius 1 is 1.00 bits per heavy atom. The molecule has 0 aliphatic carbocycles. The molecular weight excluding hydrogens is 406 g/mol. The van der Waals surface area contributed by atoms with Gasteiger partial charge in [-0.05, 0) is 42.3 Å². The van der Waals surface area contributed by atoms with Crippen LogP contribution in [0.4, 0.5) is 5.69 Å². The zero-order chi connectivity index (χ0) is 22.5. The number of amides is 1. The molecule has 3 aromatic carbocycles. The smallest absolute Gasteiger partial charge is 0.262 e. The number of anilines is 1. The quantitative estimate of drug-likeness (QED) is 0.445. The summed E-state index contributed by atoms with van der Waals surface area (Å²) in [5, 5.41) is 3.21. The van der Waals surface area contributed by atoms with Crippen molar-refractivity contribution in [3.63, 3.8) is 0 Å². The van der Waals surface area contributed by atoms with Crippen LogP contribution < -0.4 is 20.2 Å². The van der Waals surface area contributed by atoms with E-state index in [1.165, 1.54) is 11.8 Å². The van der Waals surface area contributed by atoms with Crippen LogP contribution in [-0.4, -0.2) is 19.6 Å². The van der Waals surface area contributed by atoms with Crippen LogP contribution in [-0.2, 0) is 11.2 Å². The summed E-state index contributed by atoms with van der Waals surface area (Å²) in [6, 6.07) is 19.8. The Hall–Kier alpha value is -4.06. The third-order valence-corrected chi connectivity index (χ3v) is 5.16. The van der Waals surface area contributed by atoms with Crippen LogP contribution in [0, 0.1) is 0 Å². The van der Waals surface area contributed by atoms with Crippen molar-refractivity contribution in [3.05, 3.63) is 88.8 Å². The molecule has 0 saturated heterocycles. The molecule has 0 aliphatic heterocycles. The lowest BCUT2D eigenvalue weighted by molar-refractivity contribution is -0.118. The Kier molecular flexibility index (Phi) is 6.22. The van der Waals surface area contributed by atoms with Crippen molar-refractivity contribution in [2.24, 2.45) is 0 Å². The Labute approximate surface area is 185 Å². The minimum atomic E-state index is -0.276. The minimum Gasteiger partial charge on any atom is -0.496 e. The predicted octanol–water partition coefficient (Wildman–Crippen LogP) is 5.05. The highest BCUT2D eigenvalue weighted by Gasteiger charge is 2.14. The van der Waals surface area contributed by atoms with Crippen molar-refractivity contribution < 1.29 is 18.7 Å². The first-order chi connectivity index (χ1) is 15.6. The standard InChI is InChI=1S/C26H23NO5/c1-3-17-8-10-18(11-9-17)27-25(28)16-31-19-12-13-21-24(14-19)32-15-22(26(21)29)20-6-4-5-7-23(20)30-2/h4-15H,3,16H2,1-2H3,(H,27,28). The van der Waals surface area contributed by atoms with E-state index in [0.717, 1.165) is 6.42 Å². The summed E-state index contributed by atoms with van der Waals surface area (Å²) in [6.07, 6.45) is 2.36. The molecule has 1 amide bonds. The van der Waals surface area contributed by atoms with Gasteiger partial charge in [-0.2, -0.15) is 0 Å². The van der Waals surface area contributed by atoms with Gasteiger partial charge >= 0.3 is 0 Å². The van der Waals surface area contributed by atoms with Gasteiger partial charge in [-0.3, -0.25) is 9.59 Å². The molecule has 0 bridgehead atoms. The fraction of sp³-hybridized carbons (Fsp3) is 0.154. The monoisotopic (exact) mass is 429 g/mol. The zero-order valence-electron chi connectivity index (χ0n) is 17.9. The van der Waals surface area contributed by atoms with Gasteiger partial charge in [0.05, 0.1) is 18.1 Å². The number of hydrogen-bond acceptors (Lipinski definition) is 5. The molecule has 0 aliphatic rings. The number of carbonyl (C=O) groups excluding carboxylic acids is 1. The molecule has 32 heavy (non-hydrogen) atoms. The van der Waals surface area contributed by atoms with Crippen LogP contribution in [0.1, 0.15) is 12.5 Å². The number of hydrogen-bond donors (Lipinski definition) is 1. The fourth-order valence-electron chi connectivity index (χ4n) is 3.42. The summed E-state index contributed by atoms with van der Waals surface area (Å²) in [5.74, 6) is 0.749. The second kappa shape index (κ2) is 9.39. The first-order valence-electron chi connectivity index (χ1n) is 10.3. The van der Waals surface area contributed by atoms with Gasteiger partial charge in [0.15, 0.2) is 6.61 Å². The van der Waals surface area contributed by atoms with E-state index in [-0.39, 0.29) is 17.9 Å². The summed E-state index contributed by atoms with van der Waals surface area (Å²) >= 11 is 0. The van der Waals surface area contributed by atoms with Gasteiger partial charge in [0.1, 0.15) is 23.3 Å². The van der Waals surface area contributed by atoms with E-state index in [9.17, 15) is 9.59 Å². The summed E-state index contributed by atoms with van der Waals surface area (Å²) in [5.41, 5.74) is 3.19. The molecule has 0 unspecified atom stereocenters. The predicted molar refractivity (Wildman–Crippen MR) is 124 cm³/mol. The molecule has 1 heterocycles. The van der Waals surface area contributed by atoms with E-state index in [2.05, 4.69) is 12.2 Å². The number of ether oxygens (including phenoxy) is 2. The van der Waals surface area contributed by atoms with E-state index in [0.29, 0.717) is 39.3 Å². The highest BCUT2D eigenvalue weighted by Crippen LogP contribution is 2.29. The number of para-hydroxylation sites is 1. The molecule has 0 atom stereocenters. The van der Waals surface area contributed by atoms with E-state index in [1.807, 2.05) is 42.5 Å². The fourth-order valence-corrected chi connectivity index (χ4v) is 3.42. The highest BCUT2D eigenvalue weighted by atomic mass is 16.5. The van der Waals surface area contributed by atoms with E-state index in [1.54, 1.807) is 31.4 Å². The average Bonchev–Trinajstić information content (AvgIpc) is 2.83. The second-order valence-electron chi connectivity index (χ2n) is 7.22. The molecule has 6 nitrogen and oxygen atoms in total. The van der Waals surface area contributed by atoms with Crippen molar-refractivity contribution in [2.45, 2.75) is 13.3 Å². The maximum absolute atomic E-state index is 13.0. The topological polar surface area (TPSA) is 77.8 Å². The van der Waals surface area contributed by atoms with Crippen LogP contribution in [0.25, 0.3) is 22.1 Å². The van der Waals surface area contributed by atoms with Crippen molar-refractivity contribution in [2.75, 3.05) is 19.0 Å². The maximum atomic E-state index is 13.0. The molecule has 162 valence electrons. The first-order valence-corrected chi connectivity index (χ1v) is 10.3. The molecule has 1 N–H and O–H groups in total. The van der Waals surface area contributed by atoms with E-state index < -0.39 is 0 Å². The average molecular weight is 429 g/mol. The SMILES string of the molecule is CCc1ccc(NC(=O)COc2ccc3c(=O)c(-c4ccccc4OC)coc3c2)cc1. The molecule has 0 spiro atoms. The van der Waals surface area contributed by atoms with Gasteiger partial charge in [-0.1, -0.05) is 37.3 Å². The molecule has 0 fully saturated rings. The molecule has 4 rings (SSSR count). The number of carbonyl (C=O) groups is 1. The molecule has 0 radical (unpaired) electrons. The number of benzene rings is 3. The third kappa shape index (κ3) is 4.49. The summed E-state index contributed by atoms with van der Waals surface area (Å²) in [7, 11) is 1.56. The molecule has 6 heteroatoms. The van der Waals surface area contributed by atoms with Gasteiger partial charge in [-0.15, -0.1) is 0 Å². The van der Waals surface area contributed by atoms with Crippen molar-refractivity contribution in [1.29, 1.82) is 0 Å². The maximum Gasteiger partial charge on any atom is 0.262 e. The minimum absolute atomic E-state index is 0.162. The normalized spacial score (nSPS) is 10.7. The van der Waals surface area contributed by atoms with E-state index in [4.69, 9.17) is 13.9 Å². The Bertz CT molecular complexity index is 1310. The van der Waals surface area contributed by atoms with Crippen LogP contribution >= 0.6 is 0 Å². The second-order valence-corrected chi connectivity index (χ2v) is 7.22. The van der Waals surface area contributed by atoms with E-state index >= 15 is 0 Å². The van der Waals surface area contributed by atoms with Crippen LogP contribution in [0.5, 0.6) is 11.5 Å². The summed E-state index contributed by atoms with van der Waals surface area (Å²) in [4.78, 5) is 25.2. The number of nitrogens with one attached hydrogen (secondary N) is 1. The van der Waals surface area contributed by atoms with Crippen molar-refractivity contribution >= 4 is 22.6 Å². The van der Waals surface area contributed by atoms with Crippen LogP contribution in [0.3, 0.4) is 0 Å². The summed E-state index contributed by atoms with van der Waals surface area (Å²) < 4.78 is 16.7. The van der Waals surface area contributed by atoms with Gasteiger partial charge in [-0.25, -0.2) is 0 Å². The van der Waals surface area contributed by atoms with Gasteiger partial charge in [0, 0.05) is 17.3 Å². The zero-order valence-corrected chi connectivity index (χ0v) is 17.9. The van der Waals surface area contributed by atoms with Gasteiger partial charge in [0.2, 0.25) is 5.43 Å².